The van der Waals surface area contributed by atoms with Gasteiger partial charge in [0, 0.05) is 12.5 Å². The van der Waals surface area contributed by atoms with Crippen molar-refractivity contribution in [2.45, 2.75) is 42.4 Å². The van der Waals surface area contributed by atoms with E-state index in [4.69, 9.17) is 9.88 Å². The van der Waals surface area contributed by atoms with E-state index in [1.54, 1.807) is 0 Å². The van der Waals surface area contributed by atoms with Crippen LogP contribution < -0.4 is 10.5 Å². The zero-order chi connectivity index (χ0) is 21.3. The summed E-state index contributed by atoms with van der Waals surface area (Å²) in [5.41, 5.74) is 0.895. The van der Waals surface area contributed by atoms with Crippen molar-refractivity contribution in [3.8, 4) is 11.3 Å². The van der Waals surface area contributed by atoms with E-state index in [0.717, 1.165) is 0 Å². The van der Waals surface area contributed by atoms with Crippen molar-refractivity contribution < 1.29 is 33.3 Å². The number of benzene rings is 1. The molecule has 0 saturated carbocycles. The maximum Gasteiger partial charge on any atom is 0.238 e. The fourth-order valence-corrected chi connectivity index (χ4v) is 3.58. The third-order valence-corrected chi connectivity index (χ3v) is 5.45. The summed E-state index contributed by atoms with van der Waals surface area (Å²) in [5, 5.41) is 45.4. The van der Waals surface area contributed by atoms with Crippen LogP contribution in [0.1, 0.15) is 13.2 Å². The number of amides is 1. The van der Waals surface area contributed by atoms with Gasteiger partial charge in [0.1, 0.15) is 30.0 Å². The van der Waals surface area contributed by atoms with Gasteiger partial charge in [0.25, 0.3) is 0 Å². The Balaban J connectivity index is 1.91. The molecule has 1 fully saturated rings. The maximum atomic E-state index is 11.5. The van der Waals surface area contributed by atoms with Crippen LogP contribution >= 0.6 is 0 Å². The van der Waals surface area contributed by atoms with Gasteiger partial charge in [-0.15, -0.1) is 5.10 Å². The number of primary sulfonamides is 1. The van der Waals surface area contributed by atoms with Crippen molar-refractivity contribution in [2.75, 3.05) is 6.61 Å². The largest absolute Gasteiger partial charge is 0.394 e. The van der Waals surface area contributed by atoms with Crippen LogP contribution in [0.15, 0.2) is 35.4 Å². The smallest absolute Gasteiger partial charge is 0.238 e. The Hall–Kier alpha value is -2.42. The molecule has 0 bridgehead atoms. The molecule has 29 heavy (non-hydrogen) atoms. The van der Waals surface area contributed by atoms with Crippen LogP contribution in [0.2, 0.25) is 0 Å². The second-order valence-electron chi connectivity index (χ2n) is 6.61. The Kier molecular flexibility index (Phi) is 5.97. The topological polar surface area (TPSA) is 190 Å². The first-order chi connectivity index (χ1) is 13.6. The van der Waals surface area contributed by atoms with Crippen LogP contribution in [0, 0.1) is 0 Å². The summed E-state index contributed by atoms with van der Waals surface area (Å²) < 4.78 is 29.6. The molecule has 3 rings (SSSR count). The molecule has 1 aliphatic heterocycles. The van der Waals surface area contributed by atoms with Gasteiger partial charge in [0.05, 0.1) is 17.7 Å². The van der Waals surface area contributed by atoms with E-state index in [0.29, 0.717) is 11.3 Å². The van der Waals surface area contributed by atoms with Crippen molar-refractivity contribution in [2.24, 2.45) is 5.14 Å². The van der Waals surface area contributed by atoms with Gasteiger partial charge in [0.2, 0.25) is 15.9 Å². The Bertz CT molecular complexity index is 978. The van der Waals surface area contributed by atoms with Gasteiger partial charge in [-0.25, -0.2) is 18.2 Å². The standard InChI is InChI=1S/C16H21N5O7S/c1-8(23)18-13-15(25)14(24)12(7-22)28-16(13)21-6-11(19-20-21)9-2-4-10(5-3-9)29(17,26)27/h2-6,12-16,22,24-25H,7H2,1H3,(H,18,23)(H2,17,26,27)/t12-,13-,14-,15-,16-/m1/s1. The summed E-state index contributed by atoms with van der Waals surface area (Å²) in [7, 11) is -3.83. The van der Waals surface area contributed by atoms with E-state index in [-0.39, 0.29) is 4.90 Å². The number of hydrogen-bond donors (Lipinski definition) is 5. The molecule has 5 atom stereocenters. The van der Waals surface area contributed by atoms with Crippen LogP contribution in [0.25, 0.3) is 11.3 Å². The maximum absolute atomic E-state index is 11.5. The number of rotatable bonds is 5. The van der Waals surface area contributed by atoms with E-state index < -0.39 is 53.1 Å². The van der Waals surface area contributed by atoms with Crippen LogP contribution in [-0.2, 0) is 19.6 Å². The summed E-state index contributed by atoms with van der Waals surface area (Å²) in [6.07, 6.45) is -3.52. The molecular formula is C16H21N5O7S. The third kappa shape index (κ3) is 4.44. The lowest BCUT2D eigenvalue weighted by Crippen LogP contribution is -2.62. The first-order valence-corrected chi connectivity index (χ1v) is 10.1. The van der Waals surface area contributed by atoms with Crippen molar-refractivity contribution in [1.29, 1.82) is 0 Å². The van der Waals surface area contributed by atoms with Crippen molar-refractivity contribution in [3.05, 3.63) is 30.5 Å². The second-order valence-corrected chi connectivity index (χ2v) is 8.17. The molecule has 2 aromatic rings. The Morgan fingerprint density at radius 3 is 2.48 bits per heavy atom. The van der Waals surface area contributed by atoms with E-state index in [1.807, 2.05) is 0 Å². The molecule has 1 aromatic heterocycles. The normalized spacial score (nSPS) is 27.6. The number of hydrogen-bond acceptors (Lipinski definition) is 9. The molecule has 0 spiro atoms. The van der Waals surface area contributed by atoms with Crippen molar-refractivity contribution in [3.63, 3.8) is 0 Å². The molecule has 6 N–H and O–H groups in total. The van der Waals surface area contributed by atoms with E-state index in [9.17, 15) is 28.5 Å². The highest BCUT2D eigenvalue weighted by molar-refractivity contribution is 7.89. The SMILES string of the molecule is CC(=O)N[C@@H]1[C@@H](O)[C@H](O)[C@@H](CO)O[C@H]1n1cc(-c2ccc(S(N)(=O)=O)cc2)nn1. The number of nitrogens with two attached hydrogens (primary N) is 1. The molecule has 1 amide bonds. The minimum absolute atomic E-state index is 0.0575. The number of ether oxygens (including phenoxy) is 1. The Morgan fingerprint density at radius 1 is 1.28 bits per heavy atom. The molecule has 0 aliphatic carbocycles. The molecule has 1 aliphatic rings. The summed E-state index contributed by atoms with van der Waals surface area (Å²) in [6, 6.07) is 4.59. The van der Waals surface area contributed by atoms with Crippen molar-refractivity contribution >= 4 is 15.9 Å². The number of carbonyl (C=O) groups is 1. The molecule has 1 aromatic carbocycles. The number of nitrogens with one attached hydrogen (secondary N) is 1. The van der Waals surface area contributed by atoms with Gasteiger partial charge in [0.15, 0.2) is 6.23 Å². The Morgan fingerprint density at radius 2 is 1.93 bits per heavy atom. The lowest BCUT2D eigenvalue weighted by molar-refractivity contribution is -0.219. The number of aliphatic hydroxyl groups excluding tert-OH is 3. The summed E-state index contributed by atoms with van der Waals surface area (Å²) >= 11 is 0. The van der Waals surface area contributed by atoms with E-state index in [1.165, 1.54) is 42.1 Å². The minimum Gasteiger partial charge on any atom is -0.394 e. The van der Waals surface area contributed by atoms with Gasteiger partial charge in [-0.05, 0) is 12.1 Å². The lowest BCUT2D eigenvalue weighted by Gasteiger charge is -2.42. The average Bonchev–Trinajstić information content (AvgIpc) is 3.15. The molecule has 2 heterocycles. The van der Waals surface area contributed by atoms with Gasteiger partial charge >= 0.3 is 0 Å². The highest BCUT2D eigenvalue weighted by Crippen LogP contribution is 2.29. The molecule has 158 valence electrons. The highest BCUT2D eigenvalue weighted by atomic mass is 32.2. The molecule has 0 radical (unpaired) electrons. The zero-order valence-corrected chi connectivity index (χ0v) is 16.1. The summed E-state index contributed by atoms with van der Waals surface area (Å²) in [6.45, 7) is 0.687. The third-order valence-electron chi connectivity index (χ3n) is 4.52. The predicted molar refractivity (Wildman–Crippen MR) is 97.4 cm³/mol. The molecule has 0 unspecified atom stereocenters. The lowest BCUT2D eigenvalue weighted by atomic mass is 9.96. The summed E-state index contributed by atoms with van der Waals surface area (Å²) in [4.78, 5) is 11.5. The molecular weight excluding hydrogens is 406 g/mol. The van der Waals surface area contributed by atoms with Gasteiger partial charge in [-0.2, -0.15) is 0 Å². The fourth-order valence-electron chi connectivity index (χ4n) is 3.06. The van der Waals surface area contributed by atoms with Crippen LogP contribution in [0.5, 0.6) is 0 Å². The predicted octanol–water partition coefficient (Wildman–Crippen LogP) is -2.29. The van der Waals surface area contributed by atoms with Crippen LogP contribution in [0.4, 0.5) is 0 Å². The van der Waals surface area contributed by atoms with Gasteiger partial charge in [-0.1, -0.05) is 17.3 Å². The first kappa shape index (κ1) is 21.3. The first-order valence-electron chi connectivity index (χ1n) is 8.56. The molecule has 13 heteroatoms. The number of aromatic nitrogens is 3. The monoisotopic (exact) mass is 427 g/mol. The fraction of sp³-hybridized carbons (Fsp3) is 0.438. The highest BCUT2D eigenvalue weighted by Gasteiger charge is 2.46. The number of carbonyl (C=O) groups excluding carboxylic acids is 1. The quantitative estimate of drug-likeness (QED) is 0.349. The molecule has 1 saturated heterocycles. The second kappa shape index (κ2) is 8.14. The van der Waals surface area contributed by atoms with E-state index >= 15 is 0 Å². The van der Waals surface area contributed by atoms with Gasteiger partial charge < -0.3 is 25.4 Å². The summed E-state index contributed by atoms with van der Waals surface area (Å²) in [5.74, 6) is -0.462. The minimum atomic E-state index is -3.83. The van der Waals surface area contributed by atoms with Crippen LogP contribution in [0.3, 0.4) is 0 Å². The Labute approximate surface area is 166 Å². The zero-order valence-electron chi connectivity index (χ0n) is 15.3. The number of nitrogens with zero attached hydrogens (tertiary/aromatic N) is 3. The molecule has 12 nitrogen and oxygen atoms in total. The van der Waals surface area contributed by atoms with E-state index in [2.05, 4.69) is 15.6 Å². The van der Waals surface area contributed by atoms with Crippen LogP contribution in [-0.4, -0.2) is 75.6 Å². The number of aliphatic hydroxyl groups is 3. The average molecular weight is 427 g/mol. The van der Waals surface area contributed by atoms with Gasteiger partial charge in [-0.3, -0.25) is 4.79 Å². The number of sulfonamides is 1. The van der Waals surface area contributed by atoms with Crippen molar-refractivity contribution in [1.82, 2.24) is 20.3 Å².